The van der Waals surface area contributed by atoms with Crippen molar-refractivity contribution in [3.8, 4) is 5.82 Å². The highest BCUT2D eigenvalue weighted by Crippen LogP contribution is 2.28. The molecule has 3 rings (SSSR count). The number of nitrogens with one attached hydrogen (secondary N) is 1. The average molecular weight is 445 g/mol. The molecule has 1 N–H and O–H groups in total. The molecule has 0 bridgehead atoms. The summed E-state index contributed by atoms with van der Waals surface area (Å²) in [6.07, 6.45) is -2.31. The fourth-order valence-corrected chi connectivity index (χ4v) is 3.39. The summed E-state index contributed by atoms with van der Waals surface area (Å²) in [6, 6.07) is 10.1. The Hall–Kier alpha value is -3.20. The summed E-state index contributed by atoms with van der Waals surface area (Å²) >= 11 is 0. The molecule has 0 aliphatic rings. The van der Waals surface area contributed by atoms with Gasteiger partial charge in [-0.25, -0.2) is 9.67 Å². The van der Waals surface area contributed by atoms with E-state index in [0.717, 1.165) is 43.0 Å². The second-order valence-electron chi connectivity index (χ2n) is 7.37. The highest BCUT2D eigenvalue weighted by Gasteiger charge is 2.30. The molecule has 170 valence electrons. The molecule has 1 amide bonds. The third-order valence-electron chi connectivity index (χ3n) is 5.39. The van der Waals surface area contributed by atoms with Crippen LogP contribution in [0.3, 0.4) is 0 Å². The van der Waals surface area contributed by atoms with Gasteiger partial charge in [-0.3, -0.25) is 9.69 Å². The number of carbonyl (C=O) groups is 1. The van der Waals surface area contributed by atoms with Crippen LogP contribution in [0, 0.1) is 6.92 Å². The zero-order chi connectivity index (χ0) is 23.3. The Balaban J connectivity index is 1.72. The molecule has 1 aromatic carbocycles. The quantitative estimate of drug-likeness (QED) is 0.560. The lowest BCUT2D eigenvalue weighted by molar-refractivity contribution is -0.137. The monoisotopic (exact) mass is 445 g/mol. The van der Waals surface area contributed by atoms with Gasteiger partial charge in [-0.15, -0.1) is 0 Å². The number of benzene rings is 1. The summed E-state index contributed by atoms with van der Waals surface area (Å²) in [5, 5.41) is 7.06. The molecule has 0 aliphatic heterocycles. The second kappa shape index (κ2) is 9.95. The third kappa shape index (κ3) is 5.34. The van der Waals surface area contributed by atoms with Crippen molar-refractivity contribution in [1.82, 2.24) is 25.0 Å². The molecule has 32 heavy (non-hydrogen) atoms. The number of hydrogen-bond acceptors (Lipinski definition) is 4. The van der Waals surface area contributed by atoms with E-state index in [1.54, 1.807) is 6.92 Å². The van der Waals surface area contributed by atoms with Crippen LogP contribution >= 0.6 is 0 Å². The van der Waals surface area contributed by atoms with Gasteiger partial charge in [-0.2, -0.15) is 18.3 Å². The predicted molar refractivity (Wildman–Crippen MR) is 115 cm³/mol. The minimum Gasteiger partial charge on any atom is -0.348 e. The highest BCUT2D eigenvalue weighted by atomic mass is 19.4. The molecule has 3 aromatic rings. The van der Waals surface area contributed by atoms with Gasteiger partial charge in [0, 0.05) is 19.3 Å². The first-order valence-corrected chi connectivity index (χ1v) is 10.4. The second-order valence-corrected chi connectivity index (χ2v) is 7.37. The zero-order valence-electron chi connectivity index (χ0n) is 18.3. The van der Waals surface area contributed by atoms with Crippen molar-refractivity contribution in [3.05, 3.63) is 76.7 Å². The molecule has 0 saturated heterocycles. The first-order valence-electron chi connectivity index (χ1n) is 10.4. The first-order chi connectivity index (χ1) is 15.2. The van der Waals surface area contributed by atoms with Gasteiger partial charge in [0.1, 0.15) is 0 Å². The van der Waals surface area contributed by atoms with Crippen LogP contribution in [0.25, 0.3) is 5.82 Å². The molecule has 6 nitrogen and oxygen atoms in total. The Bertz CT molecular complexity index is 1060. The minimum absolute atomic E-state index is 0.208. The largest absolute Gasteiger partial charge is 0.417 e. The molecule has 2 heterocycles. The Morgan fingerprint density at radius 1 is 1.06 bits per heavy atom. The van der Waals surface area contributed by atoms with Crippen LogP contribution in [0.1, 0.15) is 46.6 Å². The highest BCUT2D eigenvalue weighted by molar-refractivity contribution is 5.95. The van der Waals surface area contributed by atoms with Gasteiger partial charge < -0.3 is 5.32 Å². The molecule has 0 radical (unpaired) electrons. The van der Waals surface area contributed by atoms with E-state index >= 15 is 0 Å². The van der Waals surface area contributed by atoms with Crippen LogP contribution in [-0.4, -0.2) is 38.7 Å². The van der Waals surface area contributed by atoms with Gasteiger partial charge in [0.25, 0.3) is 5.91 Å². The molecule has 0 unspecified atom stereocenters. The van der Waals surface area contributed by atoms with Crippen molar-refractivity contribution in [3.63, 3.8) is 0 Å². The first kappa shape index (κ1) is 23.5. The molecule has 2 aromatic heterocycles. The summed E-state index contributed by atoms with van der Waals surface area (Å²) < 4.78 is 39.6. The topological polar surface area (TPSA) is 63.1 Å². The van der Waals surface area contributed by atoms with Crippen molar-refractivity contribution in [1.29, 1.82) is 0 Å². The molecule has 9 heteroatoms. The summed E-state index contributed by atoms with van der Waals surface area (Å²) in [5.74, 6) is -0.0996. The van der Waals surface area contributed by atoms with E-state index in [0.29, 0.717) is 17.8 Å². The number of halogens is 3. The third-order valence-corrected chi connectivity index (χ3v) is 5.39. The van der Waals surface area contributed by atoms with Crippen molar-refractivity contribution in [2.45, 2.75) is 40.0 Å². The summed E-state index contributed by atoms with van der Waals surface area (Å²) in [6.45, 7) is 8.94. The standard InChI is InChI=1S/C23H26F3N5O/c1-4-30(5-2)15-18-9-7-6-8-17(18)12-28-22(32)20-14-29-31(16(20)3)21-11-10-19(13-27-21)23(24,25)26/h6-11,13-14H,4-5,12,15H2,1-3H3,(H,28,32). The van der Waals surface area contributed by atoms with Gasteiger partial charge in [0.15, 0.2) is 5.82 Å². The Morgan fingerprint density at radius 2 is 1.75 bits per heavy atom. The number of pyridine rings is 1. The predicted octanol–water partition coefficient (Wildman–Crippen LogP) is 4.37. The van der Waals surface area contributed by atoms with Crippen molar-refractivity contribution >= 4 is 5.91 Å². The SMILES string of the molecule is CCN(CC)Cc1ccccc1CNC(=O)c1cnn(-c2ccc(C(F)(F)F)cn2)c1C. The van der Waals surface area contributed by atoms with E-state index in [2.05, 4.69) is 40.2 Å². The van der Waals surface area contributed by atoms with E-state index in [4.69, 9.17) is 0 Å². The summed E-state index contributed by atoms with van der Waals surface area (Å²) in [4.78, 5) is 18.9. The molecule has 0 atom stereocenters. The lowest BCUT2D eigenvalue weighted by atomic mass is 10.1. The lowest BCUT2D eigenvalue weighted by Gasteiger charge is -2.20. The maximum absolute atomic E-state index is 12.8. The molecular weight excluding hydrogens is 419 g/mol. The van der Waals surface area contributed by atoms with Gasteiger partial charge in [-0.1, -0.05) is 38.1 Å². The van der Waals surface area contributed by atoms with Crippen LogP contribution in [0.2, 0.25) is 0 Å². The van der Waals surface area contributed by atoms with Gasteiger partial charge in [0.05, 0.1) is 23.0 Å². The Labute approximate surface area is 185 Å². The number of rotatable bonds is 8. The van der Waals surface area contributed by atoms with Crippen LogP contribution < -0.4 is 5.32 Å². The van der Waals surface area contributed by atoms with Crippen molar-refractivity contribution in [2.75, 3.05) is 13.1 Å². The lowest BCUT2D eigenvalue weighted by Crippen LogP contribution is -2.26. The number of hydrogen-bond donors (Lipinski definition) is 1. The van der Waals surface area contributed by atoms with Crippen molar-refractivity contribution < 1.29 is 18.0 Å². The van der Waals surface area contributed by atoms with E-state index < -0.39 is 11.7 Å². The van der Waals surface area contributed by atoms with Gasteiger partial charge in [-0.05, 0) is 43.3 Å². The fourth-order valence-electron chi connectivity index (χ4n) is 3.39. The maximum atomic E-state index is 12.8. The Kier molecular flexibility index (Phi) is 7.29. The Morgan fingerprint density at radius 3 is 2.34 bits per heavy atom. The summed E-state index contributed by atoms with van der Waals surface area (Å²) in [5.41, 5.74) is 2.17. The molecule has 0 spiro atoms. The van der Waals surface area contributed by atoms with E-state index in [1.165, 1.54) is 16.9 Å². The molecule has 0 saturated carbocycles. The van der Waals surface area contributed by atoms with Crippen LogP contribution in [0.5, 0.6) is 0 Å². The number of alkyl halides is 3. The van der Waals surface area contributed by atoms with Gasteiger partial charge in [0.2, 0.25) is 0 Å². The smallest absolute Gasteiger partial charge is 0.348 e. The fraction of sp³-hybridized carbons (Fsp3) is 0.348. The molecular formula is C23H26F3N5O. The number of nitrogens with zero attached hydrogens (tertiary/aromatic N) is 4. The van der Waals surface area contributed by atoms with Crippen LogP contribution in [0.4, 0.5) is 13.2 Å². The van der Waals surface area contributed by atoms with Crippen molar-refractivity contribution in [2.24, 2.45) is 0 Å². The van der Waals surface area contributed by atoms with E-state index in [9.17, 15) is 18.0 Å². The average Bonchev–Trinajstić information content (AvgIpc) is 3.17. The van der Waals surface area contributed by atoms with Crippen LogP contribution in [0.15, 0.2) is 48.8 Å². The molecule has 0 aliphatic carbocycles. The zero-order valence-corrected chi connectivity index (χ0v) is 18.3. The van der Waals surface area contributed by atoms with Crippen LogP contribution in [-0.2, 0) is 19.3 Å². The van der Waals surface area contributed by atoms with E-state index in [1.807, 2.05) is 18.2 Å². The number of carbonyl (C=O) groups excluding carboxylic acids is 1. The van der Waals surface area contributed by atoms with Gasteiger partial charge >= 0.3 is 6.18 Å². The number of aromatic nitrogens is 3. The maximum Gasteiger partial charge on any atom is 0.417 e. The minimum atomic E-state index is -4.46. The number of amides is 1. The normalized spacial score (nSPS) is 11.7. The molecule has 0 fully saturated rings. The van der Waals surface area contributed by atoms with E-state index in [-0.39, 0.29) is 11.7 Å². The summed E-state index contributed by atoms with van der Waals surface area (Å²) in [7, 11) is 0.